The number of nitrogens with one attached hydrogen (secondary N) is 2. The zero-order valence-electron chi connectivity index (χ0n) is 18.9. The molecule has 0 saturated carbocycles. The highest BCUT2D eigenvalue weighted by molar-refractivity contribution is 7.92. The molecule has 0 bridgehead atoms. The summed E-state index contributed by atoms with van der Waals surface area (Å²) in [6.07, 6.45) is 1.13. The van der Waals surface area contributed by atoms with Gasteiger partial charge in [0.15, 0.2) is 6.61 Å². The van der Waals surface area contributed by atoms with Crippen LogP contribution in [-0.2, 0) is 31.4 Å². The van der Waals surface area contributed by atoms with Gasteiger partial charge in [0.05, 0.1) is 16.8 Å². The number of rotatable bonds is 10. The van der Waals surface area contributed by atoms with Crippen molar-refractivity contribution in [3.8, 4) is 5.75 Å². The summed E-state index contributed by atoms with van der Waals surface area (Å²) in [5.41, 5.74) is 1.51. The largest absolute Gasteiger partial charge is 0.484 e. The molecule has 3 aromatic rings. The zero-order chi connectivity index (χ0) is 25.6. The fourth-order valence-electron chi connectivity index (χ4n) is 2.89. The van der Waals surface area contributed by atoms with E-state index in [0.29, 0.717) is 22.1 Å². The number of carbonyl (C=O) groups excluding carboxylic acids is 1. The topological polar surface area (TPSA) is 122 Å². The van der Waals surface area contributed by atoms with Gasteiger partial charge in [0.25, 0.3) is 15.9 Å². The molecule has 12 heteroatoms. The van der Waals surface area contributed by atoms with Crippen molar-refractivity contribution in [2.45, 2.75) is 11.4 Å². The van der Waals surface area contributed by atoms with Crippen LogP contribution in [0.15, 0.2) is 77.7 Å². The van der Waals surface area contributed by atoms with Gasteiger partial charge in [0.2, 0.25) is 10.0 Å². The van der Waals surface area contributed by atoms with Crippen molar-refractivity contribution in [2.24, 2.45) is 0 Å². The summed E-state index contributed by atoms with van der Waals surface area (Å²) >= 11 is 5.89. The molecule has 1 amide bonds. The van der Waals surface area contributed by atoms with Gasteiger partial charge in [-0.25, -0.2) is 21.1 Å². The van der Waals surface area contributed by atoms with Gasteiger partial charge < -0.3 is 10.1 Å². The molecule has 0 unspecified atom stereocenters. The van der Waals surface area contributed by atoms with Gasteiger partial charge in [-0.1, -0.05) is 29.8 Å². The number of nitrogens with zero attached hydrogens (tertiary/aromatic N) is 1. The second kappa shape index (κ2) is 11.1. The van der Waals surface area contributed by atoms with Gasteiger partial charge in [-0.2, -0.15) is 0 Å². The van der Waals surface area contributed by atoms with Crippen LogP contribution in [0.2, 0.25) is 5.02 Å². The molecule has 0 spiro atoms. The molecule has 35 heavy (non-hydrogen) atoms. The lowest BCUT2D eigenvalue weighted by Crippen LogP contribution is -2.24. The third-order valence-electron chi connectivity index (χ3n) is 4.79. The summed E-state index contributed by atoms with van der Waals surface area (Å²) in [7, 11) is -5.62. The fraction of sp³-hybridized carbons (Fsp3) is 0.174. The van der Waals surface area contributed by atoms with Gasteiger partial charge in [0.1, 0.15) is 5.75 Å². The Labute approximate surface area is 209 Å². The molecular formula is C23H24ClN3O6S2. The smallest absolute Gasteiger partial charge is 0.262 e. The number of sulfonamides is 2. The normalized spacial score (nSPS) is 11.8. The maximum atomic E-state index is 12.5. The average molecular weight is 538 g/mol. The molecule has 3 aromatic carbocycles. The molecule has 0 aliphatic carbocycles. The Bertz CT molecular complexity index is 1390. The summed E-state index contributed by atoms with van der Waals surface area (Å²) in [4.78, 5) is 12.2. The molecule has 9 nitrogen and oxygen atoms in total. The lowest BCUT2D eigenvalue weighted by Gasteiger charge is -2.14. The van der Waals surface area contributed by atoms with E-state index in [4.69, 9.17) is 16.3 Å². The van der Waals surface area contributed by atoms with E-state index in [-0.39, 0.29) is 18.0 Å². The predicted octanol–water partition coefficient (Wildman–Crippen LogP) is 3.55. The number of anilines is 2. The summed E-state index contributed by atoms with van der Waals surface area (Å²) < 4.78 is 57.2. The minimum absolute atomic E-state index is 0.0216. The zero-order valence-corrected chi connectivity index (χ0v) is 21.3. The van der Waals surface area contributed by atoms with E-state index in [2.05, 4.69) is 10.0 Å². The van der Waals surface area contributed by atoms with Crippen molar-refractivity contribution in [3.63, 3.8) is 0 Å². The minimum atomic E-state index is -3.82. The summed E-state index contributed by atoms with van der Waals surface area (Å²) in [6, 6.07) is 18.7. The Morgan fingerprint density at radius 3 is 2.20 bits per heavy atom. The molecule has 186 valence electrons. The van der Waals surface area contributed by atoms with Crippen LogP contribution in [0.25, 0.3) is 0 Å². The molecule has 0 aliphatic rings. The highest BCUT2D eigenvalue weighted by Gasteiger charge is 2.15. The van der Waals surface area contributed by atoms with Crippen molar-refractivity contribution < 1.29 is 26.4 Å². The number of carbonyl (C=O) groups is 1. The lowest BCUT2D eigenvalue weighted by atomic mass is 10.2. The van der Waals surface area contributed by atoms with E-state index in [0.717, 1.165) is 11.8 Å². The Morgan fingerprint density at radius 1 is 0.943 bits per heavy atom. The highest BCUT2D eigenvalue weighted by Crippen LogP contribution is 2.21. The number of hydrogen-bond donors (Lipinski definition) is 2. The van der Waals surface area contributed by atoms with Crippen molar-refractivity contribution in [3.05, 3.63) is 83.4 Å². The Hall–Kier alpha value is -3.12. The SMILES string of the molecule is CN(Cc1ccc(OCC(=O)Nc2ccc(S(=O)(=O)Nc3cccc(Cl)c3)cc2)cc1)S(C)(=O)=O. The van der Waals surface area contributed by atoms with Crippen LogP contribution in [-0.4, -0.2) is 47.0 Å². The molecular weight excluding hydrogens is 514 g/mol. The van der Waals surface area contributed by atoms with E-state index < -0.39 is 26.0 Å². The van der Waals surface area contributed by atoms with Crippen LogP contribution in [0, 0.1) is 0 Å². The van der Waals surface area contributed by atoms with Crippen LogP contribution in [0.1, 0.15) is 5.56 Å². The third-order valence-corrected chi connectivity index (χ3v) is 7.68. The molecule has 0 aliphatic heterocycles. The van der Waals surface area contributed by atoms with Gasteiger partial charge in [-0.05, 0) is 60.2 Å². The van der Waals surface area contributed by atoms with Crippen LogP contribution in [0.4, 0.5) is 11.4 Å². The monoisotopic (exact) mass is 537 g/mol. The van der Waals surface area contributed by atoms with Crippen LogP contribution in [0.5, 0.6) is 5.75 Å². The Balaban J connectivity index is 1.52. The van der Waals surface area contributed by atoms with E-state index >= 15 is 0 Å². The van der Waals surface area contributed by atoms with E-state index in [1.807, 2.05) is 0 Å². The highest BCUT2D eigenvalue weighted by atomic mass is 35.5. The number of ether oxygens (including phenoxy) is 1. The number of amides is 1. The molecule has 0 fully saturated rings. The molecule has 0 atom stereocenters. The van der Waals surface area contributed by atoms with Crippen LogP contribution < -0.4 is 14.8 Å². The van der Waals surface area contributed by atoms with Crippen LogP contribution in [0.3, 0.4) is 0 Å². The summed E-state index contributed by atoms with van der Waals surface area (Å²) in [5, 5.41) is 3.04. The molecule has 0 radical (unpaired) electrons. The maximum Gasteiger partial charge on any atom is 0.262 e. The quantitative estimate of drug-likeness (QED) is 0.408. The van der Waals surface area contributed by atoms with E-state index in [1.54, 1.807) is 42.5 Å². The second-order valence-corrected chi connectivity index (χ2v) is 11.8. The standard InChI is InChI=1S/C23H24ClN3O6S2/c1-27(34(2,29)30)15-17-6-10-21(11-7-17)33-16-23(28)25-19-8-12-22(13-9-19)35(31,32)26-20-5-3-4-18(24)14-20/h3-14,26H,15-16H2,1-2H3,(H,25,28). The molecule has 2 N–H and O–H groups in total. The summed E-state index contributed by atoms with van der Waals surface area (Å²) in [5.74, 6) is 0.0120. The molecule has 0 saturated heterocycles. The van der Waals surface area contributed by atoms with Crippen LogP contribution >= 0.6 is 11.6 Å². The maximum absolute atomic E-state index is 12.5. The number of benzene rings is 3. The van der Waals surface area contributed by atoms with Gasteiger partial charge in [-0.3, -0.25) is 9.52 Å². The molecule has 0 aromatic heterocycles. The second-order valence-electron chi connectivity index (χ2n) is 7.64. The number of halogens is 1. The number of hydrogen-bond acceptors (Lipinski definition) is 6. The average Bonchev–Trinajstić information content (AvgIpc) is 2.78. The Kier molecular flexibility index (Phi) is 8.39. The van der Waals surface area contributed by atoms with Crippen molar-refractivity contribution in [2.75, 3.05) is 29.9 Å². The first-order chi connectivity index (χ1) is 16.4. The first-order valence-electron chi connectivity index (χ1n) is 10.2. The van der Waals surface area contributed by atoms with Crippen molar-refractivity contribution >= 4 is 48.9 Å². The lowest BCUT2D eigenvalue weighted by molar-refractivity contribution is -0.118. The van der Waals surface area contributed by atoms with Gasteiger partial charge in [-0.15, -0.1) is 0 Å². The minimum Gasteiger partial charge on any atom is -0.484 e. The Morgan fingerprint density at radius 2 is 1.60 bits per heavy atom. The van der Waals surface area contributed by atoms with Crippen molar-refractivity contribution in [1.29, 1.82) is 0 Å². The van der Waals surface area contributed by atoms with E-state index in [1.165, 1.54) is 41.7 Å². The van der Waals surface area contributed by atoms with Gasteiger partial charge in [0, 0.05) is 24.3 Å². The first-order valence-corrected chi connectivity index (χ1v) is 13.9. The molecule has 0 heterocycles. The fourth-order valence-corrected chi connectivity index (χ4v) is 4.52. The predicted molar refractivity (Wildman–Crippen MR) is 136 cm³/mol. The summed E-state index contributed by atoms with van der Waals surface area (Å²) in [6.45, 7) is -0.0428. The third kappa shape index (κ3) is 7.96. The van der Waals surface area contributed by atoms with Crippen molar-refractivity contribution in [1.82, 2.24) is 4.31 Å². The van der Waals surface area contributed by atoms with E-state index in [9.17, 15) is 21.6 Å². The first kappa shape index (κ1) is 26.5. The molecule has 3 rings (SSSR count). The van der Waals surface area contributed by atoms with Gasteiger partial charge >= 0.3 is 0 Å².